The van der Waals surface area contributed by atoms with Crippen molar-refractivity contribution in [3.05, 3.63) is 53.6 Å². The van der Waals surface area contributed by atoms with Gasteiger partial charge in [0.2, 0.25) is 15.9 Å². The lowest BCUT2D eigenvalue weighted by Crippen LogP contribution is -2.37. The number of anilines is 1. The van der Waals surface area contributed by atoms with E-state index >= 15 is 0 Å². The number of nitrogens with zero attached hydrogens (tertiary/aromatic N) is 1. The molecule has 29 heavy (non-hydrogen) atoms. The molecule has 1 amide bonds. The van der Waals surface area contributed by atoms with Crippen molar-refractivity contribution in [2.75, 3.05) is 25.0 Å². The summed E-state index contributed by atoms with van der Waals surface area (Å²) in [5.41, 5.74) is 3.26. The third-order valence-corrected chi connectivity index (χ3v) is 7.90. The van der Waals surface area contributed by atoms with Crippen LogP contribution in [0.15, 0.2) is 52.3 Å². The molecule has 0 bridgehead atoms. The first kappa shape index (κ1) is 20.4. The third-order valence-electron chi connectivity index (χ3n) is 5.27. The number of hydrogen-bond donors (Lipinski definition) is 2. The van der Waals surface area contributed by atoms with Gasteiger partial charge in [-0.2, -0.15) is 0 Å². The maximum absolute atomic E-state index is 12.7. The summed E-state index contributed by atoms with van der Waals surface area (Å²) in [6.45, 7) is 4.77. The van der Waals surface area contributed by atoms with Crippen LogP contribution in [0.1, 0.15) is 24.5 Å². The molecule has 6 nitrogen and oxygen atoms in total. The first-order chi connectivity index (χ1) is 13.9. The van der Waals surface area contributed by atoms with Gasteiger partial charge in [0.25, 0.3) is 0 Å². The Morgan fingerprint density at radius 3 is 2.83 bits per heavy atom. The Labute approximate surface area is 176 Å². The molecule has 0 aromatic heterocycles. The van der Waals surface area contributed by atoms with E-state index in [0.29, 0.717) is 25.2 Å². The molecule has 4 rings (SSSR count). The number of carbonyl (C=O) groups is 1. The third kappa shape index (κ3) is 4.83. The Balaban J connectivity index is 1.39. The van der Waals surface area contributed by atoms with Crippen molar-refractivity contribution in [3.8, 4) is 0 Å². The topological polar surface area (TPSA) is 78.5 Å². The van der Waals surface area contributed by atoms with Crippen LogP contribution >= 0.6 is 11.8 Å². The largest absolute Gasteiger partial charge is 0.325 e. The number of amides is 1. The number of hydrogen-bond acceptors (Lipinski definition) is 5. The lowest BCUT2D eigenvalue weighted by molar-refractivity contribution is -0.116. The average molecular weight is 432 g/mol. The fourth-order valence-corrected chi connectivity index (χ4v) is 5.86. The Morgan fingerprint density at radius 2 is 2.00 bits per heavy atom. The van der Waals surface area contributed by atoms with Gasteiger partial charge < -0.3 is 5.32 Å². The van der Waals surface area contributed by atoms with E-state index in [1.807, 2.05) is 13.0 Å². The molecular weight excluding hydrogens is 406 g/mol. The van der Waals surface area contributed by atoms with Crippen molar-refractivity contribution in [1.29, 1.82) is 0 Å². The molecule has 2 aliphatic heterocycles. The zero-order valence-electron chi connectivity index (χ0n) is 16.3. The molecular formula is C21H25N3O3S2. The van der Waals surface area contributed by atoms with E-state index in [2.05, 4.69) is 33.1 Å². The second kappa shape index (κ2) is 8.47. The molecule has 154 valence electrons. The Kier molecular flexibility index (Phi) is 5.96. The summed E-state index contributed by atoms with van der Waals surface area (Å²) in [4.78, 5) is 15.3. The van der Waals surface area contributed by atoms with Crippen LogP contribution in [0.4, 0.5) is 5.69 Å². The lowest BCUT2D eigenvalue weighted by Gasteiger charge is -2.28. The summed E-state index contributed by atoms with van der Waals surface area (Å²) < 4.78 is 28.2. The van der Waals surface area contributed by atoms with Crippen LogP contribution in [0.2, 0.25) is 0 Å². The minimum Gasteiger partial charge on any atom is -0.325 e. The van der Waals surface area contributed by atoms with E-state index < -0.39 is 10.0 Å². The zero-order valence-corrected chi connectivity index (χ0v) is 18.0. The number of benzene rings is 2. The fourth-order valence-electron chi connectivity index (χ4n) is 3.76. The predicted octanol–water partition coefficient (Wildman–Crippen LogP) is 2.85. The molecule has 0 aliphatic carbocycles. The minimum atomic E-state index is -3.64. The summed E-state index contributed by atoms with van der Waals surface area (Å²) in [5, 5.41) is 2.98. The Hall–Kier alpha value is -1.87. The maximum Gasteiger partial charge on any atom is 0.240 e. The smallest absolute Gasteiger partial charge is 0.240 e. The van der Waals surface area contributed by atoms with Crippen LogP contribution in [-0.2, 0) is 27.8 Å². The van der Waals surface area contributed by atoms with Gasteiger partial charge in [0.05, 0.1) is 10.6 Å². The number of sulfonamides is 1. The van der Waals surface area contributed by atoms with Gasteiger partial charge >= 0.3 is 0 Å². The predicted molar refractivity (Wildman–Crippen MR) is 116 cm³/mol. The standard InChI is InChI=1S/C21H25N3O3S2/c1-15-12-21(25)23-19-13-18(6-7-20(19)28-15)29(26,27)22-9-11-24-10-8-16-4-2-3-5-17(16)14-24/h2-7,13,15,22H,8-12,14H2,1H3,(H,23,25)/t15-/m1/s1. The first-order valence-electron chi connectivity index (χ1n) is 9.80. The van der Waals surface area contributed by atoms with Crippen molar-refractivity contribution in [3.63, 3.8) is 0 Å². The minimum absolute atomic E-state index is 0.0864. The molecule has 0 radical (unpaired) electrons. The number of rotatable bonds is 5. The highest BCUT2D eigenvalue weighted by Crippen LogP contribution is 2.36. The van der Waals surface area contributed by atoms with E-state index in [9.17, 15) is 13.2 Å². The molecule has 2 N–H and O–H groups in total. The highest BCUT2D eigenvalue weighted by molar-refractivity contribution is 8.00. The van der Waals surface area contributed by atoms with Gasteiger partial charge in [0.15, 0.2) is 0 Å². The van der Waals surface area contributed by atoms with E-state index in [0.717, 1.165) is 24.4 Å². The number of carbonyl (C=O) groups excluding carboxylic acids is 1. The SMILES string of the molecule is C[C@@H]1CC(=O)Nc2cc(S(=O)(=O)NCCN3CCc4ccccc4C3)ccc2S1. The average Bonchev–Trinajstić information content (AvgIpc) is 2.83. The van der Waals surface area contributed by atoms with Gasteiger partial charge in [-0.15, -0.1) is 11.8 Å². The molecule has 8 heteroatoms. The Morgan fingerprint density at radius 1 is 1.21 bits per heavy atom. The molecule has 2 heterocycles. The van der Waals surface area contributed by atoms with E-state index in [1.165, 1.54) is 11.1 Å². The lowest BCUT2D eigenvalue weighted by atomic mass is 10.0. The monoisotopic (exact) mass is 431 g/mol. The highest BCUT2D eigenvalue weighted by Gasteiger charge is 2.22. The van der Waals surface area contributed by atoms with Gasteiger partial charge in [-0.1, -0.05) is 31.2 Å². The van der Waals surface area contributed by atoms with Crippen molar-refractivity contribution < 1.29 is 13.2 Å². The number of nitrogens with one attached hydrogen (secondary N) is 2. The number of thioether (sulfide) groups is 1. The van der Waals surface area contributed by atoms with Gasteiger partial charge in [-0.25, -0.2) is 13.1 Å². The molecule has 1 atom stereocenters. The molecule has 0 unspecified atom stereocenters. The van der Waals surface area contributed by atoms with Gasteiger partial charge in [-0.05, 0) is 35.7 Å². The molecule has 0 fully saturated rings. The summed E-state index contributed by atoms with van der Waals surface area (Å²) >= 11 is 1.58. The summed E-state index contributed by atoms with van der Waals surface area (Å²) in [6.07, 6.45) is 1.40. The maximum atomic E-state index is 12.7. The second-order valence-electron chi connectivity index (χ2n) is 7.53. The van der Waals surface area contributed by atoms with Crippen LogP contribution in [0.25, 0.3) is 0 Å². The van der Waals surface area contributed by atoms with E-state index in [1.54, 1.807) is 30.0 Å². The summed E-state index contributed by atoms with van der Waals surface area (Å²) in [6, 6.07) is 13.3. The molecule has 2 aromatic rings. The summed E-state index contributed by atoms with van der Waals surface area (Å²) in [5.74, 6) is -0.0864. The van der Waals surface area contributed by atoms with Crippen molar-refractivity contribution in [2.24, 2.45) is 0 Å². The van der Waals surface area contributed by atoms with Crippen LogP contribution in [0, 0.1) is 0 Å². The van der Waals surface area contributed by atoms with Crippen LogP contribution in [-0.4, -0.2) is 44.1 Å². The molecule has 0 spiro atoms. The highest BCUT2D eigenvalue weighted by atomic mass is 32.2. The number of fused-ring (bicyclic) bond motifs is 2. The molecule has 0 saturated heterocycles. The van der Waals surface area contributed by atoms with Crippen molar-refractivity contribution >= 4 is 33.4 Å². The van der Waals surface area contributed by atoms with Crippen LogP contribution in [0.3, 0.4) is 0 Å². The van der Waals surface area contributed by atoms with E-state index in [4.69, 9.17) is 0 Å². The van der Waals surface area contributed by atoms with Crippen molar-refractivity contribution in [2.45, 2.75) is 41.4 Å². The van der Waals surface area contributed by atoms with Gasteiger partial charge in [0, 0.05) is 42.7 Å². The zero-order chi connectivity index (χ0) is 20.4. The molecule has 2 aromatic carbocycles. The van der Waals surface area contributed by atoms with Crippen molar-refractivity contribution in [1.82, 2.24) is 9.62 Å². The first-order valence-corrected chi connectivity index (χ1v) is 12.2. The van der Waals surface area contributed by atoms with Gasteiger partial charge in [0.1, 0.15) is 0 Å². The van der Waals surface area contributed by atoms with Crippen LogP contribution in [0.5, 0.6) is 0 Å². The second-order valence-corrected chi connectivity index (χ2v) is 10.8. The quantitative estimate of drug-likeness (QED) is 0.761. The summed E-state index contributed by atoms with van der Waals surface area (Å²) in [7, 11) is -3.64. The molecule has 0 saturated carbocycles. The van der Waals surface area contributed by atoms with Crippen LogP contribution < -0.4 is 10.0 Å². The van der Waals surface area contributed by atoms with E-state index in [-0.39, 0.29) is 16.1 Å². The fraction of sp³-hybridized carbons (Fsp3) is 0.381. The molecule has 2 aliphatic rings. The van der Waals surface area contributed by atoms with Gasteiger partial charge in [-0.3, -0.25) is 9.69 Å². The normalized spacial score (nSPS) is 19.8. The Bertz CT molecular complexity index is 1020.